The molecule has 1 aromatic carbocycles. The van der Waals surface area contributed by atoms with Crippen LogP contribution in [-0.4, -0.2) is 20.6 Å². The Morgan fingerprint density at radius 3 is 3.04 bits per heavy atom. The van der Waals surface area contributed by atoms with Crippen molar-refractivity contribution in [3.05, 3.63) is 54.6 Å². The maximum absolute atomic E-state index is 12.4. The van der Waals surface area contributed by atoms with Crippen LogP contribution < -0.4 is 5.32 Å². The van der Waals surface area contributed by atoms with Crippen LogP contribution >= 0.6 is 0 Å². The molecule has 6 heteroatoms. The van der Waals surface area contributed by atoms with Crippen molar-refractivity contribution in [2.24, 2.45) is 5.92 Å². The van der Waals surface area contributed by atoms with E-state index in [9.17, 15) is 4.79 Å². The molecule has 0 radical (unpaired) electrons. The lowest BCUT2D eigenvalue weighted by Gasteiger charge is -2.22. The van der Waals surface area contributed by atoms with E-state index in [1.165, 1.54) is 0 Å². The van der Waals surface area contributed by atoms with Gasteiger partial charge in [0.15, 0.2) is 11.6 Å². The summed E-state index contributed by atoms with van der Waals surface area (Å²) in [6, 6.07) is 11.4. The Bertz CT molecular complexity index is 822. The number of imidazole rings is 1. The Kier molecular flexibility index (Phi) is 3.42. The van der Waals surface area contributed by atoms with Crippen molar-refractivity contribution < 1.29 is 9.32 Å². The molecule has 23 heavy (non-hydrogen) atoms. The van der Waals surface area contributed by atoms with Crippen molar-refractivity contribution in [2.45, 2.75) is 19.4 Å². The van der Waals surface area contributed by atoms with E-state index in [-0.39, 0.29) is 11.8 Å². The topological polar surface area (TPSA) is 73.0 Å². The minimum atomic E-state index is -0.0592. The van der Waals surface area contributed by atoms with Crippen molar-refractivity contribution in [3.8, 4) is 11.3 Å². The molecule has 0 spiro atoms. The first-order valence-electron chi connectivity index (χ1n) is 7.61. The molecule has 0 saturated carbocycles. The highest BCUT2D eigenvalue weighted by atomic mass is 16.5. The van der Waals surface area contributed by atoms with Gasteiger partial charge in [-0.2, -0.15) is 0 Å². The molecular weight excluding hydrogens is 292 g/mol. The van der Waals surface area contributed by atoms with E-state index < -0.39 is 0 Å². The van der Waals surface area contributed by atoms with Gasteiger partial charge in [-0.1, -0.05) is 35.5 Å². The fraction of sp³-hybridized carbons (Fsp3) is 0.235. The molecule has 1 aliphatic heterocycles. The summed E-state index contributed by atoms with van der Waals surface area (Å²) in [5, 5.41) is 6.79. The number of benzene rings is 1. The summed E-state index contributed by atoms with van der Waals surface area (Å²) in [4.78, 5) is 16.5. The Morgan fingerprint density at radius 1 is 1.30 bits per heavy atom. The summed E-state index contributed by atoms with van der Waals surface area (Å²) in [5.41, 5.74) is 2.03. The Hall–Kier alpha value is -2.89. The molecule has 6 nitrogen and oxygen atoms in total. The van der Waals surface area contributed by atoms with Gasteiger partial charge in [-0.25, -0.2) is 4.98 Å². The van der Waals surface area contributed by atoms with Crippen molar-refractivity contribution >= 4 is 11.7 Å². The van der Waals surface area contributed by atoms with Crippen LogP contribution in [0.5, 0.6) is 0 Å². The highest BCUT2D eigenvalue weighted by Gasteiger charge is 2.25. The maximum atomic E-state index is 12.4. The summed E-state index contributed by atoms with van der Waals surface area (Å²) in [6.45, 7) is 0.821. The van der Waals surface area contributed by atoms with Gasteiger partial charge >= 0.3 is 0 Å². The van der Waals surface area contributed by atoms with Crippen molar-refractivity contribution in [1.82, 2.24) is 14.7 Å². The zero-order chi connectivity index (χ0) is 15.6. The second-order valence-corrected chi connectivity index (χ2v) is 5.70. The summed E-state index contributed by atoms with van der Waals surface area (Å²) in [7, 11) is 0. The molecule has 0 aliphatic carbocycles. The number of hydrogen-bond donors (Lipinski definition) is 1. The molecule has 0 unspecified atom stereocenters. The first-order valence-corrected chi connectivity index (χ1v) is 7.61. The van der Waals surface area contributed by atoms with Crippen LogP contribution in [0.2, 0.25) is 0 Å². The number of aromatic nitrogens is 3. The van der Waals surface area contributed by atoms with Crippen LogP contribution in [0.3, 0.4) is 0 Å². The first-order chi connectivity index (χ1) is 11.3. The number of carbonyl (C=O) groups is 1. The Labute approximate surface area is 133 Å². The van der Waals surface area contributed by atoms with Gasteiger partial charge in [-0.3, -0.25) is 4.79 Å². The highest BCUT2D eigenvalue weighted by Crippen LogP contribution is 2.24. The quantitative estimate of drug-likeness (QED) is 0.807. The number of nitrogens with one attached hydrogen (secondary N) is 1. The lowest BCUT2D eigenvalue weighted by Crippen LogP contribution is -2.29. The van der Waals surface area contributed by atoms with Crippen LogP contribution in [0, 0.1) is 5.92 Å². The molecular formula is C17H16N4O2. The second-order valence-electron chi connectivity index (χ2n) is 5.70. The Balaban J connectivity index is 1.45. The number of amides is 1. The maximum Gasteiger partial charge on any atom is 0.229 e. The number of carbonyl (C=O) groups excluding carboxylic acids is 1. The number of nitrogens with zero attached hydrogens (tertiary/aromatic N) is 3. The number of fused-ring (bicyclic) bond motifs is 1. The Morgan fingerprint density at radius 2 is 2.17 bits per heavy atom. The van der Waals surface area contributed by atoms with E-state index in [4.69, 9.17) is 4.52 Å². The fourth-order valence-electron chi connectivity index (χ4n) is 2.89. The third kappa shape index (κ3) is 2.75. The van der Waals surface area contributed by atoms with Crippen molar-refractivity contribution in [2.75, 3.05) is 5.32 Å². The third-order valence-corrected chi connectivity index (χ3v) is 4.16. The molecule has 0 fully saturated rings. The second kappa shape index (κ2) is 5.72. The van der Waals surface area contributed by atoms with Crippen LogP contribution in [0.1, 0.15) is 12.1 Å². The van der Waals surface area contributed by atoms with Gasteiger partial charge in [0.05, 0.1) is 6.33 Å². The first kappa shape index (κ1) is 13.8. The number of hydrogen-bond acceptors (Lipinski definition) is 4. The van der Waals surface area contributed by atoms with Crippen molar-refractivity contribution in [1.29, 1.82) is 0 Å². The van der Waals surface area contributed by atoms with Crippen LogP contribution in [0.25, 0.3) is 11.3 Å². The van der Waals surface area contributed by atoms with E-state index in [0.29, 0.717) is 18.0 Å². The van der Waals surface area contributed by atoms with Gasteiger partial charge in [0.2, 0.25) is 5.91 Å². The lowest BCUT2D eigenvalue weighted by molar-refractivity contribution is -0.120. The summed E-state index contributed by atoms with van der Waals surface area (Å²) in [5.74, 6) is 1.01. The summed E-state index contributed by atoms with van der Waals surface area (Å²) in [6.07, 6.45) is 5.14. The standard InChI is InChI=1S/C17H16N4O2/c22-17(13-6-7-21-11-18-10-14(21)8-13)19-16-9-15(23-20-16)12-4-2-1-3-5-12/h1-5,9-11,13H,6-8H2,(H,19,20,22)/t13-/m0/s1. The average Bonchev–Trinajstić information content (AvgIpc) is 3.24. The van der Waals surface area contributed by atoms with Gasteiger partial charge in [-0.05, 0) is 6.42 Å². The molecule has 2 aromatic heterocycles. The molecule has 116 valence electrons. The monoisotopic (exact) mass is 308 g/mol. The highest BCUT2D eigenvalue weighted by molar-refractivity contribution is 5.92. The zero-order valence-electron chi connectivity index (χ0n) is 12.5. The predicted molar refractivity (Wildman–Crippen MR) is 84.6 cm³/mol. The molecule has 4 rings (SSSR count). The van der Waals surface area contributed by atoms with E-state index in [2.05, 4.69) is 20.0 Å². The van der Waals surface area contributed by atoms with Crippen LogP contribution in [0.4, 0.5) is 5.82 Å². The normalized spacial score (nSPS) is 16.8. The molecule has 1 aliphatic rings. The van der Waals surface area contributed by atoms with Gasteiger partial charge in [0.25, 0.3) is 0 Å². The van der Waals surface area contributed by atoms with Crippen molar-refractivity contribution in [3.63, 3.8) is 0 Å². The molecule has 3 heterocycles. The summed E-state index contributed by atoms with van der Waals surface area (Å²) < 4.78 is 7.39. The van der Waals surface area contributed by atoms with Crippen LogP contribution in [0.15, 0.2) is 53.4 Å². The lowest BCUT2D eigenvalue weighted by atomic mass is 9.95. The van der Waals surface area contributed by atoms with E-state index in [1.807, 2.05) is 42.9 Å². The SMILES string of the molecule is O=C(Nc1cc(-c2ccccc2)on1)[C@H]1CCn2cncc2C1. The van der Waals surface area contributed by atoms with Gasteiger partial charge in [0, 0.05) is 42.4 Å². The zero-order valence-corrected chi connectivity index (χ0v) is 12.5. The number of rotatable bonds is 3. The predicted octanol–water partition coefficient (Wildman–Crippen LogP) is 2.74. The van der Waals surface area contributed by atoms with Crippen LogP contribution in [-0.2, 0) is 17.8 Å². The number of anilines is 1. The van der Waals surface area contributed by atoms with E-state index in [1.54, 1.807) is 6.07 Å². The average molecular weight is 308 g/mol. The molecule has 1 N–H and O–H groups in total. The minimum absolute atomic E-state index is 0.0228. The minimum Gasteiger partial charge on any atom is -0.354 e. The van der Waals surface area contributed by atoms with E-state index in [0.717, 1.165) is 24.2 Å². The molecule has 0 bridgehead atoms. The largest absolute Gasteiger partial charge is 0.354 e. The molecule has 3 aromatic rings. The summed E-state index contributed by atoms with van der Waals surface area (Å²) >= 11 is 0. The molecule has 1 atom stereocenters. The van der Waals surface area contributed by atoms with E-state index >= 15 is 0 Å². The molecule has 0 saturated heterocycles. The van der Waals surface area contributed by atoms with Gasteiger partial charge in [-0.15, -0.1) is 0 Å². The molecule has 1 amide bonds. The third-order valence-electron chi connectivity index (χ3n) is 4.16. The smallest absolute Gasteiger partial charge is 0.229 e. The number of aryl methyl sites for hydroxylation is 1. The van der Waals surface area contributed by atoms with Gasteiger partial charge < -0.3 is 14.4 Å². The fourth-order valence-corrected chi connectivity index (χ4v) is 2.89. The van der Waals surface area contributed by atoms with Gasteiger partial charge in [0.1, 0.15) is 0 Å².